The Morgan fingerprint density at radius 1 is 1.31 bits per heavy atom. The quantitative estimate of drug-likeness (QED) is 0.509. The highest BCUT2D eigenvalue weighted by molar-refractivity contribution is 7.44. The number of hydrogen-bond acceptors (Lipinski definition) is 4. The van der Waals surface area contributed by atoms with Gasteiger partial charge in [-0.2, -0.15) is 0 Å². The minimum atomic E-state index is -1.88. The molecule has 0 amide bonds. The number of hydrogen-bond donors (Lipinski definition) is 3. The maximum absolute atomic E-state index is 10.6. The number of rotatable bonds is 6. The number of aldehydes is 1. The predicted octanol–water partition coefficient (Wildman–Crippen LogP) is 0.812. The fraction of sp³-hybridized carbons (Fsp3) is 0.364. The Morgan fingerprint density at radius 2 is 1.88 bits per heavy atom. The van der Waals surface area contributed by atoms with Crippen molar-refractivity contribution in [3.05, 3.63) is 35.4 Å². The summed E-state index contributed by atoms with van der Waals surface area (Å²) in [5.74, 6) is 0. The Morgan fingerprint density at radius 3 is 2.31 bits per heavy atom. The molecule has 3 N–H and O–H groups in total. The zero-order valence-electron chi connectivity index (χ0n) is 9.13. The smallest absolute Gasteiger partial charge is 0.169 e. The molecule has 1 rings (SSSR count). The van der Waals surface area contributed by atoms with Crippen molar-refractivity contribution in [3.8, 4) is 0 Å². The van der Waals surface area contributed by atoms with E-state index in [1.165, 1.54) is 0 Å². The highest BCUT2D eigenvalue weighted by Gasteiger charge is 2.06. The zero-order valence-corrected chi connectivity index (χ0v) is 10.0. The lowest BCUT2D eigenvalue weighted by molar-refractivity contribution is -0.109. The maximum atomic E-state index is 10.6. The van der Waals surface area contributed by atoms with E-state index >= 15 is 0 Å². The Labute approximate surface area is 96.2 Å². The SMILES string of the molecule is CN[C@H](C=O)Cc1ccc(CP(O)O)cc1. The summed E-state index contributed by atoms with van der Waals surface area (Å²) in [6.07, 6.45) is 1.82. The molecule has 0 radical (unpaired) electrons. The lowest BCUT2D eigenvalue weighted by atomic mass is 10.1. The van der Waals surface area contributed by atoms with Crippen molar-refractivity contribution in [2.24, 2.45) is 0 Å². The summed E-state index contributed by atoms with van der Waals surface area (Å²) >= 11 is 0. The topological polar surface area (TPSA) is 69.6 Å². The summed E-state index contributed by atoms with van der Waals surface area (Å²) in [7, 11) is -0.130. The summed E-state index contributed by atoms with van der Waals surface area (Å²) in [5, 5.41) is 2.90. The lowest BCUT2D eigenvalue weighted by Gasteiger charge is -2.09. The van der Waals surface area contributed by atoms with Crippen LogP contribution in [-0.4, -0.2) is 29.2 Å². The summed E-state index contributed by atoms with van der Waals surface area (Å²) in [4.78, 5) is 28.3. The highest BCUT2D eigenvalue weighted by atomic mass is 31.2. The van der Waals surface area contributed by atoms with Crippen LogP contribution < -0.4 is 5.32 Å². The number of carbonyl (C=O) groups is 1. The third-order valence-electron chi connectivity index (χ3n) is 2.34. The second-order valence-corrected chi connectivity index (χ2v) is 4.64. The van der Waals surface area contributed by atoms with Gasteiger partial charge in [-0.05, 0) is 24.6 Å². The van der Waals surface area contributed by atoms with Crippen LogP contribution in [0.15, 0.2) is 24.3 Å². The van der Waals surface area contributed by atoms with E-state index in [2.05, 4.69) is 5.32 Å². The third kappa shape index (κ3) is 4.37. The van der Waals surface area contributed by atoms with Crippen LogP contribution in [0.25, 0.3) is 0 Å². The first-order valence-corrected chi connectivity index (χ1v) is 6.44. The van der Waals surface area contributed by atoms with Crippen molar-refractivity contribution in [1.82, 2.24) is 5.32 Å². The normalized spacial score (nSPS) is 12.8. The maximum Gasteiger partial charge on any atom is 0.169 e. The van der Waals surface area contributed by atoms with Crippen LogP contribution in [0.3, 0.4) is 0 Å². The summed E-state index contributed by atoms with van der Waals surface area (Å²) in [5.41, 5.74) is 1.95. The molecule has 0 fully saturated rings. The second-order valence-electron chi connectivity index (χ2n) is 3.58. The van der Waals surface area contributed by atoms with E-state index in [0.717, 1.165) is 17.4 Å². The Hall–Kier alpha value is -0.800. The zero-order chi connectivity index (χ0) is 12.0. The molecule has 1 atom stereocenters. The average Bonchev–Trinajstić information content (AvgIpc) is 2.27. The molecule has 0 aromatic heterocycles. The van der Waals surface area contributed by atoms with Crippen LogP contribution in [0.4, 0.5) is 0 Å². The first kappa shape index (κ1) is 13.3. The monoisotopic (exact) mass is 241 g/mol. The molecule has 0 saturated carbocycles. The van der Waals surface area contributed by atoms with E-state index < -0.39 is 8.38 Å². The van der Waals surface area contributed by atoms with Crippen LogP contribution in [-0.2, 0) is 17.4 Å². The van der Waals surface area contributed by atoms with Gasteiger partial charge in [0, 0.05) is 6.16 Å². The molecular formula is C11H16NO3P. The molecule has 4 nitrogen and oxygen atoms in total. The van der Waals surface area contributed by atoms with Crippen molar-refractivity contribution < 1.29 is 14.6 Å². The van der Waals surface area contributed by atoms with Gasteiger partial charge in [0.05, 0.1) is 6.04 Å². The van der Waals surface area contributed by atoms with Gasteiger partial charge in [0.15, 0.2) is 8.38 Å². The van der Waals surface area contributed by atoms with E-state index in [-0.39, 0.29) is 6.04 Å². The minimum Gasteiger partial charge on any atom is -0.350 e. The van der Waals surface area contributed by atoms with Gasteiger partial charge >= 0.3 is 0 Å². The standard InChI is InChI=1S/C11H16NO3P/c1-12-11(7-13)6-9-2-4-10(5-3-9)8-16(14)15/h2-5,7,11-12,14-15H,6,8H2,1H3/t11-/m0/s1. The van der Waals surface area contributed by atoms with Gasteiger partial charge in [0.25, 0.3) is 0 Å². The van der Waals surface area contributed by atoms with E-state index in [9.17, 15) is 4.79 Å². The summed E-state index contributed by atoms with van der Waals surface area (Å²) in [6, 6.07) is 7.35. The van der Waals surface area contributed by atoms with Gasteiger partial charge in [-0.1, -0.05) is 24.3 Å². The van der Waals surface area contributed by atoms with E-state index in [1.807, 2.05) is 24.3 Å². The Balaban J connectivity index is 2.60. The number of carbonyl (C=O) groups excluding carboxylic acids is 1. The van der Waals surface area contributed by atoms with Gasteiger partial charge in [0.1, 0.15) is 6.29 Å². The lowest BCUT2D eigenvalue weighted by Crippen LogP contribution is -2.28. The van der Waals surface area contributed by atoms with Crippen molar-refractivity contribution in [2.45, 2.75) is 18.6 Å². The number of benzene rings is 1. The van der Waals surface area contributed by atoms with Gasteiger partial charge < -0.3 is 19.9 Å². The van der Waals surface area contributed by atoms with E-state index in [0.29, 0.717) is 12.6 Å². The summed E-state index contributed by atoms with van der Waals surface area (Å²) in [6.45, 7) is 0. The second kappa shape index (κ2) is 6.71. The molecule has 0 saturated heterocycles. The van der Waals surface area contributed by atoms with E-state index in [4.69, 9.17) is 9.79 Å². The molecular weight excluding hydrogens is 225 g/mol. The van der Waals surface area contributed by atoms with Gasteiger partial charge in [-0.25, -0.2) is 0 Å². The molecule has 88 valence electrons. The van der Waals surface area contributed by atoms with Crippen LogP contribution in [0, 0.1) is 0 Å². The fourth-order valence-electron chi connectivity index (χ4n) is 1.42. The van der Waals surface area contributed by atoms with Gasteiger partial charge in [0.2, 0.25) is 0 Å². The molecule has 1 aromatic rings. The number of nitrogens with one attached hydrogen (secondary N) is 1. The van der Waals surface area contributed by atoms with Crippen molar-refractivity contribution >= 4 is 14.7 Å². The van der Waals surface area contributed by atoms with Crippen LogP contribution in [0.5, 0.6) is 0 Å². The fourth-order valence-corrected chi connectivity index (χ4v) is 1.95. The van der Waals surface area contributed by atoms with Crippen molar-refractivity contribution in [2.75, 3.05) is 7.05 Å². The van der Waals surface area contributed by atoms with Gasteiger partial charge in [-0.3, -0.25) is 0 Å². The predicted molar refractivity (Wildman–Crippen MR) is 64.1 cm³/mol. The van der Waals surface area contributed by atoms with Gasteiger partial charge in [-0.15, -0.1) is 0 Å². The molecule has 16 heavy (non-hydrogen) atoms. The molecule has 0 heterocycles. The van der Waals surface area contributed by atoms with E-state index in [1.54, 1.807) is 7.05 Å². The molecule has 0 aliphatic rings. The third-order valence-corrected chi connectivity index (χ3v) is 2.99. The highest BCUT2D eigenvalue weighted by Crippen LogP contribution is 2.28. The molecule has 0 aliphatic carbocycles. The first-order chi connectivity index (χ1) is 7.65. The molecule has 0 aliphatic heterocycles. The molecule has 0 spiro atoms. The Bertz CT molecular complexity index is 327. The van der Waals surface area contributed by atoms with Crippen LogP contribution >= 0.6 is 8.38 Å². The van der Waals surface area contributed by atoms with Crippen molar-refractivity contribution in [3.63, 3.8) is 0 Å². The minimum absolute atomic E-state index is 0.168. The van der Waals surface area contributed by atoms with Crippen LogP contribution in [0.2, 0.25) is 0 Å². The Kier molecular flexibility index (Phi) is 5.56. The molecule has 5 heteroatoms. The molecule has 0 bridgehead atoms. The largest absolute Gasteiger partial charge is 0.350 e. The van der Waals surface area contributed by atoms with Crippen LogP contribution in [0.1, 0.15) is 11.1 Å². The number of likely N-dealkylation sites (N-methyl/N-ethyl adjacent to an activating group) is 1. The summed E-state index contributed by atoms with van der Waals surface area (Å²) < 4.78 is 0. The molecule has 0 unspecified atom stereocenters. The molecule has 1 aromatic carbocycles. The first-order valence-electron chi connectivity index (χ1n) is 5.01. The van der Waals surface area contributed by atoms with Crippen molar-refractivity contribution in [1.29, 1.82) is 0 Å². The average molecular weight is 241 g/mol.